The summed E-state index contributed by atoms with van der Waals surface area (Å²) in [6.45, 7) is 0. The van der Waals surface area contributed by atoms with Crippen LogP contribution in [0.3, 0.4) is 0 Å². The lowest BCUT2D eigenvalue weighted by Crippen LogP contribution is -2.51. The number of nitro groups is 1. The first kappa shape index (κ1) is 22.7. The van der Waals surface area contributed by atoms with E-state index in [4.69, 9.17) is 9.47 Å². The second-order valence-electron chi connectivity index (χ2n) is 9.02. The highest BCUT2D eigenvalue weighted by atomic mass is 16.6. The van der Waals surface area contributed by atoms with Gasteiger partial charge in [0.2, 0.25) is 29.0 Å². The zero-order valence-electron chi connectivity index (χ0n) is 19.3. The van der Waals surface area contributed by atoms with Gasteiger partial charge in [0.25, 0.3) is 5.69 Å². The summed E-state index contributed by atoms with van der Waals surface area (Å²) in [5.74, 6) is -5.52. The van der Waals surface area contributed by atoms with Crippen LogP contribution >= 0.6 is 0 Å². The average Bonchev–Trinajstić information content (AvgIpc) is 3.48. The first-order valence-corrected chi connectivity index (χ1v) is 11.4. The number of fused-ring (bicyclic) bond motifs is 3. The molecule has 3 aromatic carbocycles. The van der Waals surface area contributed by atoms with E-state index in [1.165, 1.54) is 25.3 Å². The van der Waals surface area contributed by atoms with Crippen LogP contribution < -0.4 is 9.64 Å². The maximum Gasteiger partial charge on any atom is 0.273 e. The van der Waals surface area contributed by atoms with Crippen LogP contribution in [0.1, 0.15) is 32.4 Å². The smallest absolute Gasteiger partial charge is 0.273 e. The molecule has 0 radical (unpaired) electrons. The van der Waals surface area contributed by atoms with Crippen LogP contribution in [-0.2, 0) is 14.3 Å². The standard InChI is InChI=1S/C27H18N2O8/c1-36-19-13-15(29(34)35)11-12-18(19)28-25(32)20-21(26(28)33)27(37-22(20)14-7-3-2-4-8-14)23(30)16-9-5-6-10-17(16)24(27)31/h2-13,20-22H,1H3/t20-,21+,22-/m0/s1. The van der Waals surface area contributed by atoms with Gasteiger partial charge < -0.3 is 9.47 Å². The highest BCUT2D eigenvalue weighted by Gasteiger charge is 2.74. The molecule has 10 nitrogen and oxygen atoms in total. The summed E-state index contributed by atoms with van der Waals surface area (Å²) in [6, 6.07) is 18.3. The molecular formula is C27H18N2O8. The van der Waals surface area contributed by atoms with E-state index in [1.54, 1.807) is 42.5 Å². The van der Waals surface area contributed by atoms with E-state index in [-0.39, 0.29) is 28.3 Å². The van der Waals surface area contributed by atoms with Crippen molar-refractivity contribution in [2.24, 2.45) is 11.8 Å². The fourth-order valence-electron chi connectivity index (χ4n) is 5.66. The van der Waals surface area contributed by atoms with Crippen LogP contribution in [0.2, 0.25) is 0 Å². The lowest BCUT2D eigenvalue weighted by atomic mass is 9.77. The van der Waals surface area contributed by atoms with E-state index in [1.807, 2.05) is 0 Å². The van der Waals surface area contributed by atoms with Crippen LogP contribution in [-0.4, -0.2) is 41.0 Å². The third-order valence-corrected chi connectivity index (χ3v) is 7.26. The van der Waals surface area contributed by atoms with E-state index in [0.717, 1.165) is 17.0 Å². The Bertz CT molecular complexity index is 1500. The highest BCUT2D eigenvalue weighted by Crippen LogP contribution is 2.58. The molecule has 10 heteroatoms. The Morgan fingerprint density at radius 3 is 2.11 bits per heavy atom. The number of anilines is 1. The minimum absolute atomic E-state index is 0.0186. The summed E-state index contributed by atoms with van der Waals surface area (Å²) < 4.78 is 11.5. The van der Waals surface area contributed by atoms with Crippen LogP contribution in [0, 0.1) is 22.0 Å². The number of non-ortho nitro benzene ring substituents is 1. The van der Waals surface area contributed by atoms with Crippen molar-refractivity contribution >= 4 is 34.8 Å². The van der Waals surface area contributed by atoms with Gasteiger partial charge in [-0.3, -0.25) is 29.3 Å². The van der Waals surface area contributed by atoms with Gasteiger partial charge in [0.05, 0.1) is 41.7 Å². The Morgan fingerprint density at radius 1 is 0.892 bits per heavy atom. The van der Waals surface area contributed by atoms with E-state index in [2.05, 4.69) is 0 Å². The molecule has 184 valence electrons. The van der Waals surface area contributed by atoms with Gasteiger partial charge in [0.15, 0.2) is 0 Å². The Kier molecular flexibility index (Phi) is 4.86. The molecule has 2 amide bonds. The Hall–Kier alpha value is -4.70. The molecule has 2 saturated heterocycles. The number of benzene rings is 3. The fourth-order valence-corrected chi connectivity index (χ4v) is 5.66. The van der Waals surface area contributed by atoms with Gasteiger partial charge in [-0.15, -0.1) is 0 Å². The Morgan fingerprint density at radius 2 is 1.51 bits per heavy atom. The van der Waals surface area contributed by atoms with Crippen LogP contribution in [0.25, 0.3) is 0 Å². The van der Waals surface area contributed by atoms with Gasteiger partial charge in [0, 0.05) is 17.2 Å². The fraction of sp³-hybridized carbons (Fsp3) is 0.185. The van der Waals surface area contributed by atoms with Crippen LogP contribution in [0.5, 0.6) is 5.75 Å². The molecule has 3 aromatic rings. The summed E-state index contributed by atoms with van der Waals surface area (Å²) in [4.78, 5) is 66.9. The third kappa shape index (κ3) is 2.90. The van der Waals surface area contributed by atoms with E-state index < -0.39 is 51.8 Å². The van der Waals surface area contributed by atoms with E-state index >= 15 is 0 Å². The molecule has 0 bridgehead atoms. The molecule has 2 heterocycles. The highest BCUT2D eigenvalue weighted by molar-refractivity contribution is 6.37. The van der Waals surface area contributed by atoms with Crippen molar-refractivity contribution in [1.82, 2.24) is 0 Å². The minimum Gasteiger partial charge on any atom is -0.494 e. The molecule has 37 heavy (non-hydrogen) atoms. The molecule has 3 atom stereocenters. The van der Waals surface area contributed by atoms with Gasteiger partial charge in [-0.25, -0.2) is 4.90 Å². The Balaban J connectivity index is 1.54. The quantitative estimate of drug-likeness (QED) is 0.232. The lowest BCUT2D eigenvalue weighted by Gasteiger charge is -2.27. The molecule has 0 N–H and O–H groups in total. The number of methoxy groups -OCH3 is 1. The SMILES string of the molecule is COc1cc([N+](=O)[O-])ccc1N1C(=O)[C@@H]2[C@H](c3ccccc3)OC3(C(=O)c4ccccc4C3=O)[C@H]2C1=O. The normalized spacial score (nSPS) is 23.5. The van der Waals surface area contributed by atoms with Crippen molar-refractivity contribution < 1.29 is 33.6 Å². The molecule has 3 aliphatic rings. The second kappa shape index (κ2) is 7.90. The van der Waals surface area contributed by atoms with Crippen molar-refractivity contribution in [3.05, 3.63) is 99.6 Å². The number of carbonyl (C=O) groups is 4. The molecule has 1 aliphatic carbocycles. The summed E-state index contributed by atoms with van der Waals surface area (Å²) in [5.41, 5.74) is -1.72. The molecule has 0 unspecified atom stereocenters. The molecule has 2 aliphatic heterocycles. The molecule has 1 spiro atoms. The van der Waals surface area contributed by atoms with E-state index in [9.17, 15) is 29.3 Å². The molecule has 6 rings (SSSR count). The number of carbonyl (C=O) groups excluding carboxylic acids is 4. The number of imide groups is 1. The van der Waals surface area contributed by atoms with Crippen molar-refractivity contribution in [3.8, 4) is 5.75 Å². The van der Waals surface area contributed by atoms with Gasteiger partial charge >= 0.3 is 0 Å². The number of hydrogen-bond acceptors (Lipinski definition) is 8. The number of nitrogens with zero attached hydrogens (tertiary/aromatic N) is 2. The van der Waals surface area contributed by atoms with Gasteiger partial charge in [-0.05, 0) is 11.6 Å². The molecule has 2 fully saturated rings. The summed E-state index contributed by atoms with van der Waals surface area (Å²) in [6.07, 6.45) is -1.06. The lowest BCUT2D eigenvalue weighted by molar-refractivity contribution is -0.384. The molecular weight excluding hydrogens is 480 g/mol. The first-order valence-electron chi connectivity index (χ1n) is 11.4. The number of ether oxygens (including phenoxy) is 2. The Labute approximate surface area is 209 Å². The summed E-state index contributed by atoms with van der Waals surface area (Å²) in [5, 5.41) is 11.3. The molecule has 0 aromatic heterocycles. The van der Waals surface area contributed by atoms with E-state index in [0.29, 0.717) is 5.56 Å². The zero-order chi connectivity index (χ0) is 26.1. The van der Waals surface area contributed by atoms with Crippen molar-refractivity contribution in [2.75, 3.05) is 12.0 Å². The van der Waals surface area contributed by atoms with Crippen molar-refractivity contribution in [3.63, 3.8) is 0 Å². The molecule has 0 saturated carbocycles. The zero-order valence-corrected chi connectivity index (χ0v) is 19.3. The number of hydrogen-bond donors (Lipinski definition) is 0. The number of nitro benzene ring substituents is 1. The second-order valence-corrected chi connectivity index (χ2v) is 9.02. The number of amides is 2. The maximum absolute atomic E-state index is 14.0. The third-order valence-electron chi connectivity index (χ3n) is 7.26. The van der Waals surface area contributed by atoms with Crippen molar-refractivity contribution in [2.45, 2.75) is 11.7 Å². The number of rotatable bonds is 4. The number of ketones is 2. The average molecular weight is 498 g/mol. The minimum atomic E-state index is -2.20. The largest absolute Gasteiger partial charge is 0.494 e. The van der Waals surface area contributed by atoms with Gasteiger partial charge in [-0.2, -0.15) is 0 Å². The summed E-state index contributed by atoms with van der Waals surface area (Å²) in [7, 11) is 1.26. The summed E-state index contributed by atoms with van der Waals surface area (Å²) >= 11 is 0. The monoisotopic (exact) mass is 498 g/mol. The predicted molar refractivity (Wildman–Crippen MR) is 127 cm³/mol. The van der Waals surface area contributed by atoms with Crippen LogP contribution in [0.15, 0.2) is 72.8 Å². The van der Waals surface area contributed by atoms with Gasteiger partial charge in [0.1, 0.15) is 5.75 Å². The maximum atomic E-state index is 14.0. The van der Waals surface area contributed by atoms with Crippen molar-refractivity contribution in [1.29, 1.82) is 0 Å². The first-order chi connectivity index (χ1) is 17.8. The van der Waals surface area contributed by atoms with Gasteiger partial charge in [-0.1, -0.05) is 54.6 Å². The van der Waals surface area contributed by atoms with Crippen LogP contribution in [0.4, 0.5) is 11.4 Å². The number of Topliss-reactive ketones (excluding diaryl/α,β-unsaturated/α-hetero) is 2. The predicted octanol–water partition coefficient (Wildman–Crippen LogP) is 3.30. The topological polar surface area (TPSA) is 133 Å².